The lowest BCUT2D eigenvalue weighted by atomic mass is 10.1. The molecule has 0 saturated heterocycles. The zero-order valence-corrected chi connectivity index (χ0v) is 10.4. The second-order valence-corrected chi connectivity index (χ2v) is 4.08. The van der Waals surface area contributed by atoms with Crippen molar-refractivity contribution in [1.82, 2.24) is 0 Å². The third-order valence-corrected chi connectivity index (χ3v) is 2.74. The molecule has 1 amide bonds. The van der Waals surface area contributed by atoms with Gasteiger partial charge in [-0.15, -0.1) is 0 Å². The molecular weight excluding hydrogens is 260 g/mol. The van der Waals surface area contributed by atoms with E-state index >= 15 is 0 Å². The summed E-state index contributed by atoms with van der Waals surface area (Å²) in [5.41, 5.74) is 0.986. The molecule has 2 aromatic carbocycles. The maximum absolute atomic E-state index is 12.0. The van der Waals surface area contributed by atoms with Crippen LogP contribution in [-0.2, 0) is 6.61 Å². The van der Waals surface area contributed by atoms with E-state index in [1.165, 1.54) is 18.2 Å². The van der Waals surface area contributed by atoms with Gasteiger partial charge in [0.15, 0.2) is 0 Å². The van der Waals surface area contributed by atoms with Gasteiger partial charge in [-0.2, -0.15) is 0 Å². The van der Waals surface area contributed by atoms with E-state index in [0.717, 1.165) is 0 Å². The minimum atomic E-state index is -0.593. The lowest BCUT2D eigenvalue weighted by Gasteiger charge is -2.06. The zero-order chi connectivity index (χ0) is 14.5. The van der Waals surface area contributed by atoms with Crippen LogP contribution < -0.4 is 5.32 Å². The summed E-state index contributed by atoms with van der Waals surface area (Å²) >= 11 is 0. The quantitative estimate of drug-likeness (QED) is 0.660. The molecule has 2 aromatic rings. The van der Waals surface area contributed by atoms with Crippen molar-refractivity contribution in [3.63, 3.8) is 0 Å². The van der Waals surface area contributed by atoms with Gasteiger partial charge in [0.25, 0.3) is 11.6 Å². The molecule has 102 valence electrons. The topological polar surface area (TPSA) is 92.5 Å². The van der Waals surface area contributed by atoms with Crippen molar-refractivity contribution >= 4 is 17.3 Å². The molecule has 6 nitrogen and oxygen atoms in total. The van der Waals surface area contributed by atoms with E-state index in [-0.39, 0.29) is 17.9 Å². The number of nitrogens with zero attached hydrogens (tertiary/aromatic N) is 1. The van der Waals surface area contributed by atoms with Crippen LogP contribution in [0.3, 0.4) is 0 Å². The number of hydrogen-bond acceptors (Lipinski definition) is 4. The lowest BCUT2D eigenvalue weighted by Crippen LogP contribution is -2.13. The van der Waals surface area contributed by atoms with Crippen LogP contribution in [0.4, 0.5) is 11.4 Å². The minimum absolute atomic E-state index is 0.00346. The van der Waals surface area contributed by atoms with Gasteiger partial charge in [-0.1, -0.05) is 24.3 Å². The Morgan fingerprint density at radius 1 is 1.15 bits per heavy atom. The van der Waals surface area contributed by atoms with Gasteiger partial charge < -0.3 is 10.4 Å². The number of nitro groups is 1. The Hall–Kier alpha value is -2.73. The van der Waals surface area contributed by atoms with Crippen molar-refractivity contribution in [3.05, 3.63) is 69.8 Å². The van der Waals surface area contributed by atoms with Gasteiger partial charge in [-0.3, -0.25) is 14.9 Å². The van der Waals surface area contributed by atoms with Gasteiger partial charge >= 0.3 is 0 Å². The fourth-order valence-electron chi connectivity index (χ4n) is 1.72. The molecule has 0 radical (unpaired) electrons. The highest BCUT2D eigenvalue weighted by molar-refractivity contribution is 6.07. The van der Waals surface area contributed by atoms with Crippen LogP contribution >= 0.6 is 0 Å². The molecule has 2 N–H and O–H groups in total. The molecule has 0 aliphatic rings. The molecule has 0 unspecified atom stereocenters. The van der Waals surface area contributed by atoms with Crippen LogP contribution in [-0.4, -0.2) is 15.9 Å². The zero-order valence-electron chi connectivity index (χ0n) is 10.4. The second-order valence-electron chi connectivity index (χ2n) is 4.08. The van der Waals surface area contributed by atoms with Crippen LogP contribution in [0.5, 0.6) is 0 Å². The van der Waals surface area contributed by atoms with Crippen LogP contribution in [0.15, 0.2) is 48.5 Å². The maximum atomic E-state index is 12.0. The van der Waals surface area contributed by atoms with E-state index < -0.39 is 10.8 Å². The number of aliphatic hydroxyl groups excluding tert-OH is 1. The molecule has 2 rings (SSSR count). The summed E-state index contributed by atoms with van der Waals surface area (Å²) in [5.74, 6) is -0.547. The highest BCUT2D eigenvalue weighted by Crippen LogP contribution is 2.19. The van der Waals surface area contributed by atoms with Gasteiger partial charge in [-0.05, 0) is 23.8 Å². The SMILES string of the molecule is O=C(Nc1ccc(CO)cc1)c1ccccc1[N+](=O)[O-]. The third kappa shape index (κ3) is 2.99. The van der Waals surface area contributed by atoms with E-state index in [1.807, 2.05) is 0 Å². The predicted octanol–water partition coefficient (Wildman–Crippen LogP) is 2.34. The van der Waals surface area contributed by atoms with Crippen molar-refractivity contribution in [3.8, 4) is 0 Å². The van der Waals surface area contributed by atoms with E-state index in [2.05, 4.69) is 5.32 Å². The Morgan fingerprint density at radius 2 is 1.80 bits per heavy atom. The number of nitro benzene ring substituents is 1. The largest absolute Gasteiger partial charge is 0.392 e. The average molecular weight is 272 g/mol. The minimum Gasteiger partial charge on any atom is -0.392 e. The molecule has 0 spiro atoms. The van der Waals surface area contributed by atoms with Crippen LogP contribution in [0.1, 0.15) is 15.9 Å². The number of benzene rings is 2. The van der Waals surface area contributed by atoms with Gasteiger partial charge in [0.2, 0.25) is 0 Å². The Morgan fingerprint density at radius 3 is 2.40 bits per heavy atom. The summed E-state index contributed by atoms with van der Waals surface area (Å²) in [6, 6.07) is 12.3. The first-order valence-corrected chi connectivity index (χ1v) is 5.86. The molecule has 0 atom stereocenters. The molecule has 6 heteroatoms. The highest BCUT2D eigenvalue weighted by atomic mass is 16.6. The summed E-state index contributed by atoms with van der Waals surface area (Å²) in [6.07, 6.45) is 0. The van der Waals surface area contributed by atoms with Gasteiger partial charge in [0.05, 0.1) is 11.5 Å². The fraction of sp³-hybridized carbons (Fsp3) is 0.0714. The Labute approximate surface area is 114 Å². The number of hydrogen-bond donors (Lipinski definition) is 2. The first kappa shape index (κ1) is 13.7. The van der Waals surface area contributed by atoms with Crippen LogP contribution in [0.2, 0.25) is 0 Å². The average Bonchev–Trinajstić information content (AvgIpc) is 2.48. The number of nitrogens with one attached hydrogen (secondary N) is 1. The predicted molar refractivity (Wildman–Crippen MR) is 73.4 cm³/mol. The second kappa shape index (κ2) is 5.94. The van der Waals surface area contributed by atoms with E-state index in [1.54, 1.807) is 30.3 Å². The summed E-state index contributed by atoms with van der Waals surface area (Å²) in [7, 11) is 0. The molecule has 0 aliphatic heterocycles. The number of rotatable bonds is 4. The molecule has 0 fully saturated rings. The number of aliphatic hydroxyl groups is 1. The Bertz CT molecular complexity index is 638. The van der Waals surface area contributed by atoms with Crippen molar-refractivity contribution < 1.29 is 14.8 Å². The standard InChI is InChI=1S/C14H12N2O4/c17-9-10-5-7-11(8-6-10)15-14(18)12-3-1-2-4-13(12)16(19)20/h1-8,17H,9H2,(H,15,18). The van der Waals surface area contributed by atoms with Gasteiger partial charge in [0.1, 0.15) is 5.56 Å². The molecular formula is C14H12N2O4. The summed E-state index contributed by atoms with van der Waals surface area (Å²) in [5, 5.41) is 22.4. The molecule has 0 saturated carbocycles. The molecule has 0 aliphatic carbocycles. The smallest absolute Gasteiger partial charge is 0.282 e. The Kier molecular flexibility index (Phi) is 4.07. The summed E-state index contributed by atoms with van der Waals surface area (Å²) in [6.45, 7) is -0.0849. The summed E-state index contributed by atoms with van der Waals surface area (Å²) in [4.78, 5) is 22.3. The molecule has 0 bridgehead atoms. The third-order valence-electron chi connectivity index (χ3n) is 2.74. The van der Waals surface area contributed by atoms with Crippen molar-refractivity contribution in [1.29, 1.82) is 0 Å². The Balaban J connectivity index is 2.21. The number of anilines is 1. The van der Waals surface area contributed by atoms with E-state index in [0.29, 0.717) is 11.3 Å². The molecule has 20 heavy (non-hydrogen) atoms. The van der Waals surface area contributed by atoms with Crippen molar-refractivity contribution in [2.75, 3.05) is 5.32 Å². The first-order chi connectivity index (χ1) is 9.61. The van der Waals surface area contributed by atoms with Gasteiger partial charge in [-0.25, -0.2) is 0 Å². The van der Waals surface area contributed by atoms with Crippen LogP contribution in [0, 0.1) is 10.1 Å². The lowest BCUT2D eigenvalue weighted by molar-refractivity contribution is -0.385. The van der Waals surface area contributed by atoms with Crippen LogP contribution in [0.25, 0.3) is 0 Å². The first-order valence-electron chi connectivity index (χ1n) is 5.86. The normalized spacial score (nSPS) is 10.1. The van der Waals surface area contributed by atoms with Crippen molar-refractivity contribution in [2.45, 2.75) is 6.61 Å². The molecule has 0 aromatic heterocycles. The van der Waals surface area contributed by atoms with E-state index in [4.69, 9.17) is 5.11 Å². The van der Waals surface area contributed by atoms with Gasteiger partial charge in [0, 0.05) is 11.8 Å². The molecule has 0 heterocycles. The van der Waals surface area contributed by atoms with Crippen molar-refractivity contribution in [2.24, 2.45) is 0 Å². The number of amides is 1. The number of para-hydroxylation sites is 1. The summed E-state index contributed by atoms with van der Waals surface area (Å²) < 4.78 is 0. The number of carbonyl (C=O) groups excluding carboxylic acids is 1. The monoisotopic (exact) mass is 272 g/mol. The van der Waals surface area contributed by atoms with E-state index in [9.17, 15) is 14.9 Å². The number of carbonyl (C=O) groups is 1. The fourth-order valence-corrected chi connectivity index (χ4v) is 1.72. The highest BCUT2D eigenvalue weighted by Gasteiger charge is 2.18. The maximum Gasteiger partial charge on any atom is 0.282 e.